The number of benzene rings is 1. The molecule has 94 valence electrons. The number of rotatable bonds is 2. The van der Waals surface area contributed by atoms with Crippen molar-refractivity contribution in [3.8, 4) is 0 Å². The first kappa shape index (κ1) is 12.3. The summed E-state index contributed by atoms with van der Waals surface area (Å²) in [7, 11) is 0. The SMILES string of the molecule is O=c1[nH]c(/C=C/c2ccc(Br)s2)nc2ccccc12. The second-order valence-electron chi connectivity index (χ2n) is 3.94. The molecule has 2 aromatic heterocycles. The summed E-state index contributed by atoms with van der Waals surface area (Å²) in [6.45, 7) is 0. The number of para-hydroxylation sites is 1. The minimum atomic E-state index is -0.113. The van der Waals surface area contributed by atoms with Crippen molar-refractivity contribution < 1.29 is 0 Å². The number of thiophene rings is 1. The second kappa shape index (κ2) is 5.11. The summed E-state index contributed by atoms with van der Waals surface area (Å²) in [6, 6.07) is 11.3. The number of nitrogens with zero attached hydrogens (tertiary/aromatic N) is 1. The summed E-state index contributed by atoms with van der Waals surface area (Å²) in [5, 5.41) is 0.610. The first-order valence-electron chi connectivity index (χ1n) is 5.65. The predicted octanol–water partition coefficient (Wildman–Crippen LogP) is 3.92. The molecule has 19 heavy (non-hydrogen) atoms. The van der Waals surface area contributed by atoms with E-state index in [-0.39, 0.29) is 5.56 Å². The third-order valence-corrected chi connectivity index (χ3v) is 4.22. The van der Waals surface area contributed by atoms with Crippen LogP contribution in [0.2, 0.25) is 0 Å². The molecule has 2 heterocycles. The first-order valence-corrected chi connectivity index (χ1v) is 7.26. The Kier molecular flexibility index (Phi) is 3.31. The van der Waals surface area contributed by atoms with Gasteiger partial charge in [0.05, 0.1) is 14.7 Å². The van der Waals surface area contributed by atoms with Crippen molar-refractivity contribution in [2.45, 2.75) is 0 Å². The van der Waals surface area contributed by atoms with Crippen molar-refractivity contribution in [2.75, 3.05) is 0 Å². The van der Waals surface area contributed by atoms with Crippen molar-refractivity contribution in [3.63, 3.8) is 0 Å². The maximum Gasteiger partial charge on any atom is 0.259 e. The fourth-order valence-electron chi connectivity index (χ4n) is 1.76. The Balaban J connectivity index is 2.02. The Morgan fingerprint density at radius 1 is 1.16 bits per heavy atom. The average Bonchev–Trinajstić information content (AvgIpc) is 2.82. The van der Waals surface area contributed by atoms with Crippen LogP contribution >= 0.6 is 27.3 Å². The van der Waals surface area contributed by atoms with E-state index in [0.29, 0.717) is 16.7 Å². The highest BCUT2D eigenvalue weighted by Crippen LogP contribution is 2.23. The molecule has 0 atom stereocenters. The maximum atomic E-state index is 11.9. The van der Waals surface area contributed by atoms with E-state index in [1.807, 2.05) is 42.5 Å². The highest BCUT2D eigenvalue weighted by Gasteiger charge is 2.00. The molecule has 0 saturated carbocycles. The Hall–Kier alpha value is -1.72. The monoisotopic (exact) mass is 332 g/mol. The molecule has 1 N–H and O–H groups in total. The van der Waals surface area contributed by atoms with Crippen molar-refractivity contribution in [3.05, 3.63) is 61.2 Å². The first-order chi connectivity index (χ1) is 9.22. The largest absolute Gasteiger partial charge is 0.306 e. The van der Waals surface area contributed by atoms with Crippen LogP contribution in [0, 0.1) is 0 Å². The van der Waals surface area contributed by atoms with Crippen molar-refractivity contribution in [2.24, 2.45) is 0 Å². The van der Waals surface area contributed by atoms with Gasteiger partial charge < -0.3 is 4.98 Å². The molecule has 0 bridgehead atoms. The van der Waals surface area contributed by atoms with Crippen LogP contribution in [0.1, 0.15) is 10.7 Å². The number of hydrogen-bond acceptors (Lipinski definition) is 3. The van der Waals surface area contributed by atoms with E-state index >= 15 is 0 Å². The molecule has 3 rings (SSSR count). The van der Waals surface area contributed by atoms with Gasteiger partial charge in [0.25, 0.3) is 5.56 Å². The summed E-state index contributed by atoms with van der Waals surface area (Å²) >= 11 is 5.04. The van der Waals surface area contributed by atoms with Gasteiger partial charge in [0, 0.05) is 4.88 Å². The number of aromatic nitrogens is 2. The summed E-state index contributed by atoms with van der Waals surface area (Å²) in [5.41, 5.74) is 0.593. The van der Waals surface area contributed by atoms with Gasteiger partial charge in [0.2, 0.25) is 0 Å². The molecule has 0 radical (unpaired) electrons. The van der Waals surface area contributed by atoms with E-state index in [9.17, 15) is 4.79 Å². The van der Waals surface area contributed by atoms with Crippen LogP contribution in [0.25, 0.3) is 23.1 Å². The number of fused-ring (bicyclic) bond motifs is 1. The zero-order valence-electron chi connectivity index (χ0n) is 9.76. The lowest BCUT2D eigenvalue weighted by Crippen LogP contribution is -2.09. The molecule has 0 aliphatic heterocycles. The van der Waals surface area contributed by atoms with Gasteiger partial charge in [-0.25, -0.2) is 4.98 Å². The van der Waals surface area contributed by atoms with Crippen LogP contribution in [0.3, 0.4) is 0 Å². The van der Waals surface area contributed by atoms with Gasteiger partial charge in [-0.3, -0.25) is 4.79 Å². The summed E-state index contributed by atoms with van der Waals surface area (Å²) in [4.78, 5) is 20.2. The van der Waals surface area contributed by atoms with E-state index in [0.717, 1.165) is 8.66 Å². The molecule has 5 heteroatoms. The molecule has 0 unspecified atom stereocenters. The molecule has 3 aromatic rings. The summed E-state index contributed by atoms with van der Waals surface area (Å²) < 4.78 is 1.08. The van der Waals surface area contributed by atoms with Gasteiger partial charge in [-0.1, -0.05) is 12.1 Å². The molecule has 0 aliphatic rings. The molecule has 3 nitrogen and oxygen atoms in total. The highest BCUT2D eigenvalue weighted by atomic mass is 79.9. The molecule has 0 saturated heterocycles. The Labute approximate surface area is 121 Å². The maximum absolute atomic E-state index is 11.9. The zero-order valence-corrected chi connectivity index (χ0v) is 12.2. The Morgan fingerprint density at radius 3 is 2.79 bits per heavy atom. The molecule has 0 aliphatic carbocycles. The van der Waals surface area contributed by atoms with Gasteiger partial charge in [-0.15, -0.1) is 11.3 Å². The van der Waals surface area contributed by atoms with E-state index in [2.05, 4.69) is 25.9 Å². The number of aromatic amines is 1. The lowest BCUT2D eigenvalue weighted by Gasteiger charge is -1.97. The van der Waals surface area contributed by atoms with E-state index < -0.39 is 0 Å². The minimum Gasteiger partial charge on any atom is -0.306 e. The third-order valence-electron chi connectivity index (χ3n) is 2.63. The molecule has 0 amide bonds. The molecular formula is C14H9BrN2OS. The summed E-state index contributed by atoms with van der Waals surface area (Å²) in [5.74, 6) is 0.563. The molecule has 0 fully saturated rings. The van der Waals surface area contributed by atoms with Gasteiger partial charge in [0.1, 0.15) is 5.82 Å². The van der Waals surface area contributed by atoms with Crippen molar-refractivity contribution in [1.82, 2.24) is 9.97 Å². The fourth-order valence-corrected chi connectivity index (χ4v) is 3.09. The van der Waals surface area contributed by atoms with E-state index in [1.165, 1.54) is 0 Å². The topological polar surface area (TPSA) is 45.8 Å². The van der Waals surface area contributed by atoms with Crippen LogP contribution in [0.15, 0.2) is 45.0 Å². The van der Waals surface area contributed by atoms with E-state index in [4.69, 9.17) is 0 Å². The van der Waals surface area contributed by atoms with Crippen LogP contribution in [-0.4, -0.2) is 9.97 Å². The lowest BCUT2D eigenvalue weighted by atomic mass is 10.2. The third kappa shape index (κ3) is 2.67. The molecular weight excluding hydrogens is 324 g/mol. The van der Waals surface area contributed by atoms with Crippen molar-refractivity contribution in [1.29, 1.82) is 0 Å². The zero-order chi connectivity index (χ0) is 13.2. The van der Waals surface area contributed by atoms with Crippen LogP contribution in [0.4, 0.5) is 0 Å². The minimum absolute atomic E-state index is 0.113. The van der Waals surface area contributed by atoms with Gasteiger partial charge in [-0.2, -0.15) is 0 Å². The number of hydrogen-bond donors (Lipinski definition) is 1. The Morgan fingerprint density at radius 2 is 2.00 bits per heavy atom. The van der Waals surface area contributed by atoms with E-state index in [1.54, 1.807) is 17.4 Å². The lowest BCUT2D eigenvalue weighted by molar-refractivity contribution is 1.14. The predicted molar refractivity (Wildman–Crippen MR) is 83.3 cm³/mol. The fraction of sp³-hybridized carbons (Fsp3) is 0. The van der Waals surface area contributed by atoms with Crippen LogP contribution in [-0.2, 0) is 0 Å². The quantitative estimate of drug-likeness (QED) is 0.773. The molecule has 0 spiro atoms. The number of nitrogens with one attached hydrogen (secondary N) is 1. The van der Waals surface area contributed by atoms with Crippen molar-refractivity contribution >= 4 is 50.3 Å². The summed E-state index contributed by atoms with van der Waals surface area (Å²) in [6.07, 6.45) is 3.74. The standard InChI is InChI=1S/C14H9BrN2OS/c15-12-7-5-9(19-12)6-8-13-16-11-4-2-1-3-10(11)14(18)17-13/h1-8H,(H,16,17,18)/b8-6+. The second-order valence-corrected chi connectivity index (χ2v) is 6.44. The van der Waals surface area contributed by atoms with Crippen LogP contribution < -0.4 is 5.56 Å². The van der Waals surface area contributed by atoms with Gasteiger partial charge in [-0.05, 0) is 52.3 Å². The number of H-pyrrole nitrogens is 1. The van der Waals surface area contributed by atoms with Crippen LogP contribution in [0.5, 0.6) is 0 Å². The Bertz CT molecular complexity index is 819. The number of halogens is 1. The normalized spacial score (nSPS) is 11.4. The average molecular weight is 333 g/mol. The molecule has 1 aromatic carbocycles. The highest BCUT2D eigenvalue weighted by molar-refractivity contribution is 9.11. The van der Waals surface area contributed by atoms with Gasteiger partial charge >= 0.3 is 0 Å². The smallest absolute Gasteiger partial charge is 0.259 e. The van der Waals surface area contributed by atoms with Gasteiger partial charge in [0.15, 0.2) is 0 Å².